The fraction of sp³-hybridized carbons (Fsp3) is 0.412. The smallest absolute Gasteiger partial charge is 0.319 e. The van der Waals surface area contributed by atoms with Gasteiger partial charge in [0.15, 0.2) is 0 Å². The van der Waals surface area contributed by atoms with Gasteiger partial charge < -0.3 is 10.2 Å². The van der Waals surface area contributed by atoms with Crippen LogP contribution in [0.5, 0.6) is 0 Å². The first-order valence-corrected chi connectivity index (χ1v) is 7.78. The number of nitrogens with one attached hydrogen (secondary N) is 1. The third-order valence-corrected chi connectivity index (χ3v) is 3.94. The van der Waals surface area contributed by atoms with Crippen LogP contribution in [0, 0.1) is 0 Å². The van der Waals surface area contributed by atoms with Crippen LogP contribution in [-0.4, -0.2) is 33.6 Å². The van der Waals surface area contributed by atoms with Crippen molar-refractivity contribution in [3.05, 3.63) is 54.1 Å². The molecule has 0 saturated carbocycles. The molecule has 0 aliphatic heterocycles. The van der Waals surface area contributed by atoms with Crippen LogP contribution < -0.4 is 5.32 Å². The summed E-state index contributed by atoms with van der Waals surface area (Å²) >= 11 is 0. The summed E-state index contributed by atoms with van der Waals surface area (Å²) in [6, 6.07) is 8.60. The molecular weight excluding hydrogens is 314 g/mol. The lowest BCUT2D eigenvalue weighted by Crippen LogP contribution is -2.43. The van der Waals surface area contributed by atoms with Gasteiger partial charge in [-0.15, -0.1) is 0 Å². The number of amides is 2. The summed E-state index contributed by atoms with van der Waals surface area (Å²) in [6.07, 6.45) is 2.76. The van der Waals surface area contributed by atoms with Gasteiger partial charge >= 0.3 is 12.6 Å². The number of benzene rings is 1. The predicted octanol–water partition coefficient (Wildman–Crippen LogP) is 3.61. The number of hydrogen-bond donors (Lipinski definition) is 1. The van der Waals surface area contributed by atoms with Crippen molar-refractivity contribution in [2.24, 2.45) is 0 Å². The largest absolute Gasteiger partial charge is 0.331 e. The average Bonchev–Trinajstić information content (AvgIpc) is 3.02. The van der Waals surface area contributed by atoms with E-state index in [1.807, 2.05) is 44.2 Å². The SMILES string of the molecule is CC(C)N(C)C(=O)N[C@@H](Cc1nccn1C(F)F)c1ccccc1. The summed E-state index contributed by atoms with van der Waals surface area (Å²) in [7, 11) is 1.70. The third-order valence-electron chi connectivity index (χ3n) is 3.94. The van der Waals surface area contributed by atoms with Gasteiger partial charge in [0.25, 0.3) is 0 Å². The zero-order chi connectivity index (χ0) is 17.7. The van der Waals surface area contributed by atoms with E-state index >= 15 is 0 Å². The molecule has 0 radical (unpaired) electrons. The second kappa shape index (κ2) is 7.90. The Bertz CT molecular complexity index is 658. The van der Waals surface area contributed by atoms with Gasteiger partial charge in [-0.2, -0.15) is 8.78 Å². The maximum absolute atomic E-state index is 13.0. The molecular formula is C17H22F2N4O. The van der Waals surface area contributed by atoms with E-state index in [0.717, 1.165) is 10.1 Å². The first-order valence-electron chi connectivity index (χ1n) is 7.78. The number of carbonyl (C=O) groups excluding carboxylic acids is 1. The van der Waals surface area contributed by atoms with Crippen molar-refractivity contribution < 1.29 is 13.6 Å². The quantitative estimate of drug-likeness (QED) is 0.876. The molecule has 0 aliphatic carbocycles. The lowest BCUT2D eigenvalue weighted by Gasteiger charge is -2.26. The van der Waals surface area contributed by atoms with Gasteiger partial charge in [0.2, 0.25) is 0 Å². The van der Waals surface area contributed by atoms with Gasteiger partial charge in [0.05, 0.1) is 6.04 Å². The van der Waals surface area contributed by atoms with Crippen LogP contribution in [0.3, 0.4) is 0 Å². The molecule has 0 spiro atoms. The molecule has 2 rings (SSSR count). The van der Waals surface area contributed by atoms with E-state index in [9.17, 15) is 13.6 Å². The molecule has 5 nitrogen and oxygen atoms in total. The van der Waals surface area contributed by atoms with E-state index in [4.69, 9.17) is 0 Å². The van der Waals surface area contributed by atoms with Crippen LogP contribution in [0.2, 0.25) is 0 Å². The molecule has 0 aliphatic rings. The Labute approximate surface area is 140 Å². The molecule has 1 aromatic carbocycles. The Balaban J connectivity index is 2.24. The van der Waals surface area contributed by atoms with Crippen molar-refractivity contribution in [3.63, 3.8) is 0 Å². The Morgan fingerprint density at radius 2 is 1.96 bits per heavy atom. The van der Waals surface area contributed by atoms with E-state index in [1.165, 1.54) is 12.4 Å². The normalized spacial score (nSPS) is 12.5. The standard InChI is InChI=1S/C17H22F2N4O/c1-12(2)22(3)17(24)21-14(13-7-5-4-6-8-13)11-15-20-9-10-23(15)16(18)19/h4-10,12,14,16H,11H2,1-3H3,(H,21,24)/t14-/m0/s1. The zero-order valence-electron chi connectivity index (χ0n) is 14.0. The minimum absolute atomic E-state index is 0.0319. The highest BCUT2D eigenvalue weighted by Gasteiger charge is 2.22. The summed E-state index contributed by atoms with van der Waals surface area (Å²) in [5.74, 6) is 0.228. The molecule has 24 heavy (non-hydrogen) atoms. The van der Waals surface area contributed by atoms with E-state index in [2.05, 4.69) is 10.3 Å². The predicted molar refractivity (Wildman–Crippen MR) is 87.8 cm³/mol. The van der Waals surface area contributed by atoms with Gasteiger partial charge in [-0.25, -0.2) is 9.78 Å². The summed E-state index contributed by atoms with van der Waals surface area (Å²) < 4.78 is 26.9. The van der Waals surface area contributed by atoms with E-state index in [-0.39, 0.29) is 24.3 Å². The summed E-state index contributed by atoms with van der Waals surface area (Å²) in [5.41, 5.74) is 0.840. The highest BCUT2D eigenvalue weighted by Crippen LogP contribution is 2.21. The van der Waals surface area contributed by atoms with E-state index < -0.39 is 12.6 Å². The molecule has 0 unspecified atom stereocenters. The summed E-state index contributed by atoms with van der Waals surface area (Å²) in [6.45, 7) is 1.15. The number of alkyl halides is 2. The van der Waals surface area contributed by atoms with E-state index in [1.54, 1.807) is 11.9 Å². The number of hydrogen-bond acceptors (Lipinski definition) is 2. The molecule has 0 fully saturated rings. The zero-order valence-corrected chi connectivity index (χ0v) is 14.0. The number of aromatic nitrogens is 2. The molecule has 7 heteroatoms. The molecule has 0 saturated heterocycles. The number of carbonyl (C=O) groups is 1. The van der Waals surface area contributed by atoms with Crippen LogP contribution in [0.25, 0.3) is 0 Å². The molecule has 2 amide bonds. The molecule has 1 N–H and O–H groups in total. The summed E-state index contributed by atoms with van der Waals surface area (Å²) in [5, 5.41) is 2.91. The van der Waals surface area contributed by atoms with Gasteiger partial charge in [0.1, 0.15) is 5.82 Å². The molecule has 1 aromatic heterocycles. The van der Waals surface area contributed by atoms with Crippen molar-refractivity contribution in [1.29, 1.82) is 0 Å². The molecule has 1 atom stereocenters. The molecule has 2 aromatic rings. The maximum Gasteiger partial charge on any atom is 0.319 e. The summed E-state index contributed by atoms with van der Waals surface area (Å²) in [4.78, 5) is 17.9. The Morgan fingerprint density at radius 3 is 2.54 bits per heavy atom. The molecule has 1 heterocycles. The minimum Gasteiger partial charge on any atom is -0.331 e. The Kier molecular flexibility index (Phi) is 5.89. The Morgan fingerprint density at radius 1 is 1.29 bits per heavy atom. The van der Waals surface area contributed by atoms with Crippen molar-refractivity contribution in [3.8, 4) is 0 Å². The lowest BCUT2D eigenvalue weighted by atomic mass is 10.0. The van der Waals surface area contributed by atoms with Gasteiger partial charge in [0, 0.05) is 31.9 Å². The lowest BCUT2D eigenvalue weighted by molar-refractivity contribution is 0.0666. The number of nitrogens with zero attached hydrogens (tertiary/aromatic N) is 3. The highest BCUT2D eigenvalue weighted by molar-refractivity contribution is 5.74. The second-order valence-corrected chi connectivity index (χ2v) is 5.85. The number of rotatable bonds is 6. The highest BCUT2D eigenvalue weighted by atomic mass is 19.3. The van der Waals surface area contributed by atoms with Gasteiger partial charge in [-0.3, -0.25) is 4.57 Å². The minimum atomic E-state index is -2.66. The number of halogens is 2. The van der Waals surface area contributed by atoms with Crippen LogP contribution in [-0.2, 0) is 6.42 Å². The first kappa shape index (κ1) is 17.9. The van der Waals surface area contributed by atoms with Crippen LogP contribution >= 0.6 is 0 Å². The molecule has 0 bridgehead atoms. The van der Waals surface area contributed by atoms with Crippen molar-refractivity contribution >= 4 is 6.03 Å². The maximum atomic E-state index is 13.0. The monoisotopic (exact) mass is 336 g/mol. The van der Waals surface area contributed by atoms with Gasteiger partial charge in [-0.05, 0) is 19.4 Å². The number of imidazole rings is 1. The average molecular weight is 336 g/mol. The van der Waals surface area contributed by atoms with Crippen LogP contribution in [0.1, 0.15) is 37.8 Å². The van der Waals surface area contributed by atoms with Crippen molar-refractivity contribution in [2.45, 2.75) is 38.9 Å². The van der Waals surface area contributed by atoms with Gasteiger partial charge in [-0.1, -0.05) is 30.3 Å². The molecule has 130 valence electrons. The fourth-order valence-electron chi connectivity index (χ4n) is 2.29. The van der Waals surface area contributed by atoms with E-state index in [0.29, 0.717) is 0 Å². The van der Waals surface area contributed by atoms with Crippen LogP contribution in [0.4, 0.5) is 13.6 Å². The fourth-order valence-corrected chi connectivity index (χ4v) is 2.29. The topological polar surface area (TPSA) is 50.2 Å². The van der Waals surface area contributed by atoms with Crippen molar-refractivity contribution in [2.75, 3.05) is 7.05 Å². The van der Waals surface area contributed by atoms with Crippen LogP contribution in [0.15, 0.2) is 42.7 Å². The second-order valence-electron chi connectivity index (χ2n) is 5.85. The Hall–Kier alpha value is -2.44. The first-order chi connectivity index (χ1) is 11.4. The number of urea groups is 1. The van der Waals surface area contributed by atoms with Crippen molar-refractivity contribution in [1.82, 2.24) is 19.8 Å². The third kappa shape index (κ3) is 4.31.